The van der Waals surface area contributed by atoms with Crippen LogP contribution in [0.1, 0.15) is 43.9 Å². The van der Waals surface area contributed by atoms with Gasteiger partial charge in [0.25, 0.3) is 5.91 Å². The number of aryl methyl sites for hydroxylation is 2. The molecule has 0 bridgehead atoms. The lowest BCUT2D eigenvalue weighted by Crippen LogP contribution is -2.50. The molecule has 0 aliphatic carbocycles. The molecule has 5 heteroatoms. The van der Waals surface area contributed by atoms with Crippen molar-refractivity contribution in [2.75, 3.05) is 13.2 Å². The zero-order valence-electron chi connectivity index (χ0n) is 18.8. The summed E-state index contributed by atoms with van der Waals surface area (Å²) in [6.07, 6.45) is 0.534. The summed E-state index contributed by atoms with van der Waals surface area (Å²) in [6.45, 7) is 10.9. The maximum Gasteiger partial charge on any atom is 0.261 e. The van der Waals surface area contributed by atoms with Crippen molar-refractivity contribution in [2.45, 2.75) is 53.6 Å². The molecule has 0 saturated heterocycles. The number of carbonyl (C=O) groups excluding carboxylic acids is 2. The molecule has 0 aliphatic heterocycles. The van der Waals surface area contributed by atoms with Gasteiger partial charge in [0.1, 0.15) is 11.8 Å². The van der Waals surface area contributed by atoms with Crippen molar-refractivity contribution >= 4 is 11.8 Å². The molecule has 0 spiro atoms. The third-order valence-corrected chi connectivity index (χ3v) is 4.86. The average molecular weight is 411 g/mol. The Balaban J connectivity index is 2.19. The summed E-state index contributed by atoms with van der Waals surface area (Å²) >= 11 is 0. The third-order valence-electron chi connectivity index (χ3n) is 4.86. The summed E-state index contributed by atoms with van der Waals surface area (Å²) < 4.78 is 5.74. The maximum atomic E-state index is 13.2. The molecule has 0 aromatic heterocycles. The fourth-order valence-corrected chi connectivity index (χ4v) is 3.28. The van der Waals surface area contributed by atoms with E-state index >= 15 is 0 Å². The largest absolute Gasteiger partial charge is 0.484 e. The van der Waals surface area contributed by atoms with E-state index in [4.69, 9.17) is 4.74 Å². The van der Waals surface area contributed by atoms with Gasteiger partial charge in [-0.1, -0.05) is 62.7 Å². The highest BCUT2D eigenvalue weighted by Crippen LogP contribution is 2.16. The Kier molecular flexibility index (Phi) is 8.90. The van der Waals surface area contributed by atoms with Gasteiger partial charge in [0.2, 0.25) is 5.91 Å². The lowest BCUT2D eigenvalue weighted by molar-refractivity contribution is -0.143. The number of nitrogens with one attached hydrogen (secondary N) is 1. The van der Waals surface area contributed by atoms with Gasteiger partial charge in [-0.05, 0) is 49.4 Å². The van der Waals surface area contributed by atoms with Crippen LogP contribution < -0.4 is 10.1 Å². The Hall–Kier alpha value is -2.82. The first kappa shape index (κ1) is 23.5. The van der Waals surface area contributed by atoms with Gasteiger partial charge in [-0.25, -0.2) is 0 Å². The van der Waals surface area contributed by atoms with Gasteiger partial charge >= 0.3 is 0 Å². The first-order valence-corrected chi connectivity index (χ1v) is 10.6. The van der Waals surface area contributed by atoms with Crippen LogP contribution in [0.3, 0.4) is 0 Å². The van der Waals surface area contributed by atoms with Gasteiger partial charge in [-0.2, -0.15) is 0 Å². The van der Waals surface area contributed by atoms with Crippen LogP contribution in [0.15, 0.2) is 48.5 Å². The van der Waals surface area contributed by atoms with Gasteiger partial charge in [-0.3, -0.25) is 9.59 Å². The fourth-order valence-electron chi connectivity index (χ4n) is 3.28. The quantitative estimate of drug-likeness (QED) is 0.637. The van der Waals surface area contributed by atoms with Crippen molar-refractivity contribution in [3.05, 3.63) is 65.2 Å². The summed E-state index contributed by atoms with van der Waals surface area (Å²) in [5.41, 5.74) is 3.18. The highest BCUT2D eigenvalue weighted by Gasteiger charge is 2.29. The predicted octanol–water partition coefficient (Wildman–Crippen LogP) is 4.26. The van der Waals surface area contributed by atoms with E-state index in [1.807, 2.05) is 83.1 Å². The van der Waals surface area contributed by atoms with E-state index < -0.39 is 6.04 Å². The Morgan fingerprint density at radius 3 is 2.30 bits per heavy atom. The molecule has 0 unspecified atom stereocenters. The number of ether oxygens (including phenoxy) is 1. The maximum absolute atomic E-state index is 13.2. The molecule has 0 saturated carbocycles. The van der Waals surface area contributed by atoms with Crippen LogP contribution >= 0.6 is 0 Å². The highest BCUT2D eigenvalue weighted by atomic mass is 16.5. The van der Waals surface area contributed by atoms with E-state index in [0.717, 1.165) is 16.7 Å². The monoisotopic (exact) mass is 410 g/mol. The molecule has 5 nitrogen and oxygen atoms in total. The molecule has 2 aromatic rings. The smallest absolute Gasteiger partial charge is 0.261 e. The van der Waals surface area contributed by atoms with Crippen molar-refractivity contribution in [3.8, 4) is 5.75 Å². The summed E-state index contributed by atoms with van der Waals surface area (Å²) in [5.74, 6) is 0.667. The molecule has 2 aromatic carbocycles. The summed E-state index contributed by atoms with van der Waals surface area (Å²) in [6, 6.07) is 15.1. The van der Waals surface area contributed by atoms with Crippen molar-refractivity contribution in [1.82, 2.24) is 10.2 Å². The summed E-state index contributed by atoms with van der Waals surface area (Å²) in [5, 5.41) is 2.97. The van der Waals surface area contributed by atoms with Gasteiger partial charge in [0.05, 0.1) is 0 Å². The minimum Gasteiger partial charge on any atom is -0.484 e. The molecule has 2 amide bonds. The molecular formula is C25H34N2O3. The second-order valence-corrected chi connectivity index (χ2v) is 8.18. The van der Waals surface area contributed by atoms with Crippen LogP contribution in [0.4, 0.5) is 0 Å². The molecule has 1 atom stereocenters. The average Bonchev–Trinajstić information content (AvgIpc) is 2.70. The number of amides is 2. The summed E-state index contributed by atoms with van der Waals surface area (Å²) in [7, 11) is 0. The minimum atomic E-state index is -0.544. The Bertz CT molecular complexity index is 848. The van der Waals surface area contributed by atoms with E-state index in [2.05, 4.69) is 5.32 Å². The van der Waals surface area contributed by atoms with Crippen molar-refractivity contribution < 1.29 is 14.3 Å². The standard InChI is InChI=1S/C25H34N2O3/c1-6-23(25(29)26-15-18(2)3)27(16-21-11-7-9-19(4)13-21)24(28)17-30-22-12-8-10-20(5)14-22/h7-14,18,23H,6,15-17H2,1-5H3,(H,26,29)/t23-/m0/s1. The first-order valence-electron chi connectivity index (χ1n) is 10.6. The fraction of sp³-hybridized carbons (Fsp3) is 0.440. The van der Waals surface area contributed by atoms with E-state index in [1.54, 1.807) is 4.90 Å². The lowest BCUT2D eigenvalue weighted by Gasteiger charge is -2.31. The van der Waals surface area contributed by atoms with E-state index in [-0.39, 0.29) is 18.4 Å². The molecule has 0 heterocycles. The zero-order chi connectivity index (χ0) is 22.1. The van der Waals surface area contributed by atoms with Crippen LogP contribution in [-0.4, -0.2) is 35.9 Å². The van der Waals surface area contributed by atoms with Crippen molar-refractivity contribution in [1.29, 1.82) is 0 Å². The van der Waals surface area contributed by atoms with Crippen LogP contribution in [0, 0.1) is 19.8 Å². The molecule has 162 valence electrons. The predicted molar refractivity (Wildman–Crippen MR) is 120 cm³/mol. The number of benzene rings is 2. The molecule has 0 aliphatic rings. The van der Waals surface area contributed by atoms with Crippen LogP contribution in [0.5, 0.6) is 5.75 Å². The second-order valence-electron chi connectivity index (χ2n) is 8.18. The van der Waals surface area contributed by atoms with Crippen LogP contribution in [0.2, 0.25) is 0 Å². The SMILES string of the molecule is CC[C@@H](C(=O)NCC(C)C)N(Cc1cccc(C)c1)C(=O)COc1cccc(C)c1. The normalized spacial score (nSPS) is 11.8. The molecule has 2 rings (SSSR count). The van der Waals surface area contributed by atoms with Crippen LogP contribution in [-0.2, 0) is 16.1 Å². The molecule has 30 heavy (non-hydrogen) atoms. The molecule has 0 fully saturated rings. The Morgan fingerprint density at radius 2 is 1.70 bits per heavy atom. The van der Waals surface area contributed by atoms with E-state index in [0.29, 0.717) is 31.2 Å². The molecule has 0 radical (unpaired) electrons. The zero-order valence-corrected chi connectivity index (χ0v) is 18.8. The highest BCUT2D eigenvalue weighted by molar-refractivity contribution is 5.88. The number of nitrogens with zero attached hydrogens (tertiary/aromatic N) is 1. The number of carbonyl (C=O) groups is 2. The van der Waals surface area contributed by atoms with Gasteiger partial charge < -0.3 is 15.0 Å². The van der Waals surface area contributed by atoms with Crippen LogP contribution in [0.25, 0.3) is 0 Å². The van der Waals surface area contributed by atoms with Gasteiger partial charge in [0.15, 0.2) is 6.61 Å². The van der Waals surface area contributed by atoms with Gasteiger partial charge in [-0.15, -0.1) is 0 Å². The van der Waals surface area contributed by atoms with E-state index in [1.165, 1.54) is 0 Å². The third kappa shape index (κ3) is 7.21. The number of hydrogen-bond acceptors (Lipinski definition) is 3. The second kappa shape index (κ2) is 11.4. The topological polar surface area (TPSA) is 58.6 Å². The number of hydrogen-bond donors (Lipinski definition) is 1. The minimum absolute atomic E-state index is 0.108. The molecular weight excluding hydrogens is 376 g/mol. The number of rotatable bonds is 10. The summed E-state index contributed by atoms with van der Waals surface area (Å²) in [4.78, 5) is 27.6. The Morgan fingerprint density at radius 1 is 1.03 bits per heavy atom. The lowest BCUT2D eigenvalue weighted by atomic mass is 10.1. The Labute approximate surface area is 180 Å². The first-order chi connectivity index (χ1) is 14.3. The van der Waals surface area contributed by atoms with Crippen molar-refractivity contribution in [3.63, 3.8) is 0 Å². The van der Waals surface area contributed by atoms with Crippen molar-refractivity contribution in [2.24, 2.45) is 5.92 Å². The van der Waals surface area contributed by atoms with Gasteiger partial charge in [0, 0.05) is 13.1 Å². The van der Waals surface area contributed by atoms with E-state index in [9.17, 15) is 9.59 Å². The molecule has 1 N–H and O–H groups in total.